The number of carbonyl (C=O) groups is 1. The van der Waals surface area contributed by atoms with Gasteiger partial charge in [0, 0.05) is 22.9 Å². The molecule has 3 aromatic carbocycles. The second-order valence-corrected chi connectivity index (χ2v) is 11.3. The van der Waals surface area contributed by atoms with E-state index >= 15 is 0 Å². The first-order valence-electron chi connectivity index (χ1n) is 11.1. The number of hydrogen-bond donors (Lipinski definition) is 1. The Morgan fingerprint density at radius 1 is 1.09 bits per heavy atom. The van der Waals surface area contributed by atoms with E-state index in [1.165, 1.54) is 35.6 Å². The van der Waals surface area contributed by atoms with Gasteiger partial charge in [0.05, 0.1) is 27.8 Å². The average molecular weight is 528 g/mol. The van der Waals surface area contributed by atoms with Crippen molar-refractivity contribution in [3.8, 4) is 0 Å². The smallest absolute Gasteiger partial charge is 0.261 e. The Morgan fingerprint density at radius 2 is 1.83 bits per heavy atom. The number of sulfonamides is 1. The highest BCUT2D eigenvalue weighted by molar-refractivity contribution is 7.92. The summed E-state index contributed by atoms with van der Waals surface area (Å²) in [5.74, 6) is -0.216. The molecule has 1 fully saturated rings. The summed E-state index contributed by atoms with van der Waals surface area (Å²) in [6.45, 7) is 1.10. The van der Waals surface area contributed by atoms with Crippen molar-refractivity contribution in [1.29, 1.82) is 0 Å². The molecule has 0 aliphatic carbocycles. The Labute approximate surface area is 212 Å². The molecule has 0 bridgehead atoms. The summed E-state index contributed by atoms with van der Waals surface area (Å²) >= 11 is 7.31. The van der Waals surface area contributed by atoms with Gasteiger partial charge in [0.15, 0.2) is 5.13 Å². The number of nitrogens with zero attached hydrogens (tertiary/aromatic N) is 2. The topological polar surface area (TPSA) is 88.6 Å². The van der Waals surface area contributed by atoms with Crippen molar-refractivity contribution in [2.45, 2.75) is 23.8 Å². The van der Waals surface area contributed by atoms with E-state index in [-0.39, 0.29) is 16.9 Å². The standard InChI is InChI=1S/C25H22ClN3O4S2/c26-18-9-13-21(14-10-18)35(31,32)28-19-11-7-17(8-12-19)24(30)29(16-20-4-3-15-33-20)25-27-22-5-1-2-6-23(22)34-25/h1-2,5-14,20,28H,3-4,15-16H2. The van der Waals surface area contributed by atoms with Crippen LogP contribution in [0.1, 0.15) is 23.2 Å². The molecule has 4 aromatic rings. The normalized spacial score (nSPS) is 15.9. The van der Waals surface area contributed by atoms with Gasteiger partial charge in [-0.3, -0.25) is 14.4 Å². The quantitative estimate of drug-likeness (QED) is 0.339. The molecule has 180 valence electrons. The zero-order valence-corrected chi connectivity index (χ0v) is 20.9. The summed E-state index contributed by atoms with van der Waals surface area (Å²) in [7, 11) is -3.78. The fraction of sp³-hybridized carbons (Fsp3) is 0.200. The van der Waals surface area contributed by atoms with Crippen molar-refractivity contribution in [3.63, 3.8) is 0 Å². The van der Waals surface area contributed by atoms with Crippen LogP contribution in [0.3, 0.4) is 0 Å². The number of ether oxygens (including phenoxy) is 1. The van der Waals surface area contributed by atoms with E-state index in [1.54, 1.807) is 29.2 Å². The van der Waals surface area contributed by atoms with Crippen LogP contribution >= 0.6 is 22.9 Å². The predicted molar refractivity (Wildman–Crippen MR) is 139 cm³/mol. The van der Waals surface area contributed by atoms with E-state index in [0.29, 0.717) is 34.6 Å². The Morgan fingerprint density at radius 3 is 2.51 bits per heavy atom. The number of thiazole rings is 1. The Bertz CT molecular complexity index is 1420. The van der Waals surface area contributed by atoms with Crippen molar-refractivity contribution in [3.05, 3.63) is 83.4 Å². The Balaban J connectivity index is 1.38. The van der Waals surface area contributed by atoms with Crippen molar-refractivity contribution >= 4 is 59.9 Å². The van der Waals surface area contributed by atoms with Crippen LogP contribution in [0.5, 0.6) is 0 Å². The Kier molecular flexibility index (Phi) is 6.75. The van der Waals surface area contributed by atoms with Crippen molar-refractivity contribution in [2.75, 3.05) is 22.8 Å². The molecule has 2 heterocycles. The lowest BCUT2D eigenvalue weighted by Crippen LogP contribution is -2.37. The van der Waals surface area contributed by atoms with Crippen LogP contribution in [0.15, 0.2) is 77.7 Å². The van der Waals surface area contributed by atoms with Crippen LogP contribution in [0.4, 0.5) is 10.8 Å². The number of amides is 1. The number of benzene rings is 3. The van der Waals surface area contributed by atoms with Gasteiger partial charge in [0.1, 0.15) is 0 Å². The van der Waals surface area contributed by atoms with E-state index in [9.17, 15) is 13.2 Å². The second kappa shape index (κ2) is 9.94. The third-order valence-corrected chi connectivity index (χ3v) is 8.39. The first-order valence-corrected chi connectivity index (χ1v) is 13.7. The minimum absolute atomic E-state index is 0.0450. The van der Waals surface area contributed by atoms with Gasteiger partial charge in [0.25, 0.3) is 15.9 Å². The van der Waals surface area contributed by atoms with Gasteiger partial charge < -0.3 is 4.74 Å². The number of nitrogens with one attached hydrogen (secondary N) is 1. The highest BCUT2D eigenvalue weighted by Gasteiger charge is 2.27. The van der Waals surface area contributed by atoms with Gasteiger partial charge in [-0.15, -0.1) is 0 Å². The van der Waals surface area contributed by atoms with E-state index in [4.69, 9.17) is 16.3 Å². The number of hydrogen-bond acceptors (Lipinski definition) is 6. The number of carbonyl (C=O) groups excluding carboxylic acids is 1. The summed E-state index contributed by atoms with van der Waals surface area (Å²) in [6.07, 6.45) is 1.81. The summed E-state index contributed by atoms with van der Waals surface area (Å²) in [5, 5.41) is 1.06. The highest BCUT2D eigenvalue weighted by atomic mass is 35.5. The molecule has 0 spiro atoms. The number of fused-ring (bicyclic) bond motifs is 1. The molecule has 0 radical (unpaired) electrons. The third kappa shape index (κ3) is 5.33. The number of halogens is 1. The SMILES string of the molecule is O=C(c1ccc(NS(=O)(=O)c2ccc(Cl)cc2)cc1)N(CC1CCCO1)c1nc2ccccc2s1. The molecule has 1 atom stereocenters. The molecule has 5 rings (SSSR count). The minimum atomic E-state index is -3.78. The lowest BCUT2D eigenvalue weighted by Gasteiger charge is -2.23. The monoisotopic (exact) mass is 527 g/mol. The molecule has 7 nitrogen and oxygen atoms in total. The first kappa shape index (κ1) is 23.7. The fourth-order valence-electron chi connectivity index (χ4n) is 3.88. The average Bonchev–Trinajstić information content (AvgIpc) is 3.52. The molecule has 1 aliphatic rings. The summed E-state index contributed by atoms with van der Waals surface area (Å²) in [6, 6.07) is 20.0. The molecule has 0 saturated carbocycles. The molecule has 35 heavy (non-hydrogen) atoms. The minimum Gasteiger partial charge on any atom is -0.376 e. The van der Waals surface area contributed by atoms with Crippen LogP contribution < -0.4 is 9.62 Å². The molecule has 1 aromatic heterocycles. The molecule has 1 saturated heterocycles. The number of rotatable bonds is 7. The van der Waals surface area contributed by atoms with Crippen LogP contribution in [0.2, 0.25) is 5.02 Å². The Hall–Kier alpha value is -2.98. The molecule has 1 N–H and O–H groups in total. The van der Waals surface area contributed by atoms with Gasteiger partial charge in [0.2, 0.25) is 0 Å². The maximum Gasteiger partial charge on any atom is 0.261 e. The lowest BCUT2D eigenvalue weighted by molar-refractivity contribution is 0.0917. The second-order valence-electron chi connectivity index (χ2n) is 8.15. The first-order chi connectivity index (χ1) is 16.9. The van der Waals surface area contributed by atoms with Crippen LogP contribution in [-0.2, 0) is 14.8 Å². The molecule has 10 heteroatoms. The third-order valence-electron chi connectivity index (χ3n) is 5.68. The zero-order chi connectivity index (χ0) is 24.4. The zero-order valence-electron chi connectivity index (χ0n) is 18.6. The summed E-state index contributed by atoms with van der Waals surface area (Å²) in [4.78, 5) is 20.0. The molecule has 1 unspecified atom stereocenters. The molecular formula is C25H22ClN3O4S2. The van der Waals surface area contributed by atoms with Gasteiger partial charge in [-0.1, -0.05) is 35.1 Å². The summed E-state index contributed by atoms with van der Waals surface area (Å²) < 4.78 is 34.6. The van der Waals surface area contributed by atoms with Crippen molar-refractivity contribution < 1.29 is 17.9 Å². The van der Waals surface area contributed by atoms with E-state index in [2.05, 4.69) is 9.71 Å². The van der Waals surface area contributed by atoms with Gasteiger partial charge >= 0.3 is 0 Å². The van der Waals surface area contributed by atoms with Crippen molar-refractivity contribution in [2.24, 2.45) is 0 Å². The van der Waals surface area contributed by atoms with E-state index in [0.717, 1.165) is 23.1 Å². The van der Waals surface area contributed by atoms with Crippen LogP contribution in [0, 0.1) is 0 Å². The predicted octanol–water partition coefficient (Wildman–Crippen LogP) is 5.58. The lowest BCUT2D eigenvalue weighted by atomic mass is 10.1. The fourth-order valence-corrected chi connectivity index (χ4v) is 6.04. The van der Waals surface area contributed by atoms with Gasteiger partial charge in [-0.05, 0) is 73.5 Å². The maximum atomic E-state index is 13.5. The largest absolute Gasteiger partial charge is 0.376 e. The van der Waals surface area contributed by atoms with E-state index in [1.807, 2.05) is 24.3 Å². The molecule has 1 aliphatic heterocycles. The molecular weight excluding hydrogens is 506 g/mol. The number of aromatic nitrogens is 1. The molecule has 1 amide bonds. The van der Waals surface area contributed by atoms with Gasteiger partial charge in [-0.25, -0.2) is 13.4 Å². The number of anilines is 2. The van der Waals surface area contributed by atoms with E-state index < -0.39 is 10.0 Å². The maximum absolute atomic E-state index is 13.5. The number of para-hydroxylation sites is 1. The summed E-state index contributed by atoms with van der Waals surface area (Å²) in [5.41, 5.74) is 1.61. The van der Waals surface area contributed by atoms with Crippen LogP contribution in [0.25, 0.3) is 10.2 Å². The highest BCUT2D eigenvalue weighted by Crippen LogP contribution is 2.31. The van der Waals surface area contributed by atoms with Crippen molar-refractivity contribution in [1.82, 2.24) is 4.98 Å². The van der Waals surface area contributed by atoms with Crippen LogP contribution in [-0.4, -0.2) is 38.6 Å². The van der Waals surface area contributed by atoms with Gasteiger partial charge in [-0.2, -0.15) is 0 Å².